The number of amides is 1. The van der Waals surface area contributed by atoms with Gasteiger partial charge in [-0.1, -0.05) is 18.5 Å². The van der Waals surface area contributed by atoms with Crippen molar-refractivity contribution in [1.29, 1.82) is 0 Å². The van der Waals surface area contributed by atoms with Crippen LogP contribution in [0, 0.1) is 11.7 Å². The Morgan fingerprint density at radius 2 is 2.14 bits per heavy atom. The van der Waals surface area contributed by atoms with Crippen LogP contribution in [0.3, 0.4) is 0 Å². The Bertz CT molecular complexity index is 616. The molecule has 1 aromatic carbocycles. The second-order valence-electron chi connectivity index (χ2n) is 5.82. The number of fused-ring (bicyclic) bond motifs is 1. The van der Waals surface area contributed by atoms with Crippen molar-refractivity contribution in [2.75, 3.05) is 18.0 Å². The third-order valence-electron chi connectivity index (χ3n) is 3.84. The second kappa shape index (κ2) is 5.39. The molecular formula is C15H16ClFN2O2. The van der Waals surface area contributed by atoms with Crippen molar-refractivity contribution >= 4 is 29.0 Å². The molecule has 2 aliphatic rings. The molecule has 3 rings (SSSR count). The molecule has 1 N–H and O–H groups in total. The summed E-state index contributed by atoms with van der Waals surface area (Å²) in [7, 11) is 0. The maximum absolute atomic E-state index is 13.6. The topological polar surface area (TPSA) is 49.4 Å². The number of nitrogens with one attached hydrogen (secondary N) is 1. The molecule has 0 radical (unpaired) electrons. The van der Waals surface area contributed by atoms with Gasteiger partial charge in [-0.15, -0.1) is 0 Å². The predicted molar refractivity (Wildman–Crippen MR) is 78.3 cm³/mol. The van der Waals surface area contributed by atoms with E-state index in [0.717, 1.165) is 6.54 Å². The number of carbonyl (C=O) groups is 2. The van der Waals surface area contributed by atoms with Crippen LogP contribution < -0.4 is 10.2 Å². The molecule has 0 bridgehead atoms. The smallest absolute Gasteiger partial charge is 0.299 e. The summed E-state index contributed by atoms with van der Waals surface area (Å²) in [4.78, 5) is 25.4. The highest BCUT2D eigenvalue weighted by molar-refractivity contribution is 6.52. The zero-order chi connectivity index (χ0) is 15.1. The van der Waals surface area contributed by atoms with E-state index < -0.39 is 17.5 Å². The number of anilines is 1. The maximum atomic E-state index is 13.6. The summed E-state index contributed by atoms with van der Waals surface area (Å²) in [6, 6.07) is 2.99. The first-order chi connectivity index (χ1) is 9.97. The minimum atomic E-state index is -0.619. The Hall–Kier alpha value is -1.46. The zero-order valence-corrected chi connectivity index (χ0v) is 12.4. The summed E-state index contributed by atoms with van der Waals surface area (Å²) in [6.07, 6.45) is 2.39. The first kappa shape index (κ1) is 14.5. The summed E-state index contributed by atoms with van der Waals surface area (Å²) >= 11 is 5.68. The molecule has 1 heterocycles. The highest BCUT2D eigenvalue weighted by Gasteiger charge is 2.37. The van der Waals surface area contributed by atoms with Crippen LogP contribution in [-0.2, 0) is 4.79 Å². The van der Waals surface area contributed by atoms with Gasteiger partial charge in [-0.05, 0) is 37.4 Å². The number of halogens is 2. The first-order valence-corrected chi connectivity index (χ1v) is 7.43. The van der Waals surface area contributed by atoms with Gasteiger partial charge in [0.2, 0.25) is 0 Å². The first-order valence-electron chi connectivity index (χ1n) is 7.06. The number of ketones is 1. The molecule has 21 heavy (non-hydrogen) atoms. The van der Waals surface area contributed by atoms with E-state index in [2.05, 4.69) is 5.32 Å². The molecule has 1 aliphatic carbocycles. The molecular weight excluding hydrogens is 295 g/mol. The van der Waals surface area contributed by atoms with Crippen molar-refractivity contribution in [2.45, 2.75) is 25.8 Å². The molecule has 1 aliphatic heterocycles. The number of hydrogen-bond acceptors (Lipinski definition) is 3. The Kier molecular flexibility index (Phi) is 3.71. The molecule has 1 fully saturated rings. The highest BCUT2D eigenvalue weighted by Crippen LogP contribution is 2.33. The van der Waals surface area contributed by atoms with Crippen molar-refractivity contribution in [3.8, 4) is 0 Å². The fourth-order valence-electron chi connectivity index (χ4n) is 2.50. The van der Waals surface area contributed by atoms with E-state index in [1.54, 1.807) is 0 Å². The molecule has 0 spiro atoms. The molecule has 0 aromatic heterocycles. The number of carbonyl (C=O) groups excluding carboxylic acids is 2. The number of nitrogens with zero attached hydrogens (tertiary/aromatic N) is 1. The summed E-state index contributed by atoms with van der Waals surface area (Å²) in [5.74, 6) is -1.67. The average molecular weight is 311 g/mol. The van der Waals surface area contributed by atoms with Gasteiger partial charge in [-0.3, -0.25) is 9.59 Å². The zero-order valence-electron chi connectivity index (χ0n) is 11.7. The van der Waals surface area contributed by atoms with E-state index in [1.165, 1.54) is 29.9 Å². The summed E-state index contributed by atoms with van der Waals surface area (Å²) in [5.41, 5.74) is 0.513. The Labute approximate surface area is 127 Å². The van der Waals surface area contributed by atoms with Gasteiger partial charge in [0.25, 0.3) is 11.7 Å². The Morgan fingerprint density at radius 1 is 1.43 bits per heavy atom. The van der Waals surface area contributed by atoms with Gasteiger partial charge in [0.1, 0.15) is 5.82 Å². The average Bonchev–Trinajstić information content (AvgIpc) is 3.24. The van der Waals surface area contributed by atoms with Gasteiger partial charge < -0.3 is 10.2 Å². The van der Waals surface area contributed by atoms with Crippen LogP contribution in [0.5, 0.6) is 0 Å². The quantitative estimate of drug-likeness (QED) is 0.850. The van der Waals surface area contributed by atoms with E-state index in [0.29, 0.717) is 18.3 Å². The van der Waals surface area contributed by atoms with Crippen molar-refractivity contribution in [3.05, 3.63) is 28.5 Å². The summed E-state index contributed by atoms with van der Waals surface area (Å²) in [5, 5.41) is 3.24. The van der Waals surface area contributed by atoms with E-state index in [9.17, 15) is 14.0 Å². The van der Waals surface area contributed by atoms with Crippen molar-refractivity contribution < 1.29 is 14.0 Å². The van der Waals surface area contributed by atoms with Gasteiger partial charge in [0, 0.05) is 12.6 Å². The van der Waals surface area contributed by atoms with Gasteiger partial charge in [0.15, 0.2) is 0 Å². The van der Waals surface area contributed by atoms with Crippen molar-refractivity contribution in [3.63, 3.8) is 0 Å². The largest absolute Gasteiger partial charge is 0.314 e. The number of benzene rings is 1. The molecule has 1 atom stereocenters. The molecule has 1 amide bonds. The Balaban J connectivity index is 1.78. The fraction of sp³-hybridized carbons (Fsp3) is 0.467. The van der Waals surface area contributed by atoms with Crippen LogP contribution in [-0.4, -0.2) is 30.8 Å². The van der Waals surface area contributed by atoms with Crippen molar-refractivity contribution in [2.24, 2.45) is 5.92 Å². The van der Waals surface area contributed by atoms with Crippen LogP contribution in [0.2, 0.25) is 5.02 Å². The van der Waals surface area contributed by atoms with Crippen molar-refractivity contribution in [1.82, 2.24) is 5.32 Å². The predicted octanol–water partition coefficient (Wildman–Crippen LogP) is 2.40. The van der Waals surface area contributed by atoms with Crippen LogP contribution >= 0.6 is 11.6 Å². The van der Waals surface area contributed by atoms with Crippen LogP contribution in [0.4, 0.5) is 10.1 Å². The fourth-order valence-corrected chi connectivity index (χ4v) is 2.67. The van der Waals surface area contributed by atoms with Gasteiger partial charge in [-0.25, -0.2) is 4.39 Å². The minimum absolute atomic E-state index is 0.139. The van der Waals surface area contributed by atoms with Crippen LogP contribution in [0.15, 0.2) is 12.1 Å². The lowest BCUT2D eigenvalue weighted by Gasteiger charge is -2.21. The van der Waals surface area contributed by atoms with Crippen LogP contribution in [0.25, 0.3) is 0 Å². The van der Waals surface area contributed by atoms with E-state index in [-0.39, 0.29) is 16.5 Å². The highest BCUT2D eigenvalue weighted by atomic mass is 35.5. The molecule has 1 unspecified atom stereocenters. The molecule has 1 aromatic rings. The normalized spacial score (nSPS) is 19.1. The van der Waals surface area contributed by atoms with Gasteiger partial charge in [-0.2, -0.15) is 0 Å². The summed E-state index contributed by atoms with van der Waals surface area (Å²) < 4.78 is 13.6. The lowest BCUT2D eigenvalue weighted by atomic mass is 10.1. The number of Topliss-reactive ketones (excluding diaryl/α,β-unsaturated/α-hetero) is 1. The van der Waals surface area contributed by atoms with E-state index >= 15 is 0 Å². The lowest BCUT2D eigenvalue weighted by molar-refractivity contribution is -0.114. The van der Waals surface area contributed by atoms with Crippen LogP contribution in [0.1, 0.15) is 30.1 Å². The summed E-state index contributed by atoms with van der Waals surface area (Å²) in [6.45, 7) is 3.16. The third kappa shape index (κ3) is 2.80. The number of rotatable bonds is 5. The molecule has 112 valence electrons. The van der Waals surface area contributed by atoms with Gasteiger partial charge >= 0.3 is 0 Å². The molecule has 0 saturated heterocycles. The number of hydrogen-bond donors (Lipinski definition) is 1. The monoisotopic (exact) mass is 310 g/mol. The van der Waals surface area contributed by atoms with E-state index in [4.69, 9.17) is 11.6 Å². The lowest BCUT2D eigenvalue weighted by Crippen LogP contribution is -2.37. The molecule has 6 heteroatoms. The third-order valence-corrected chi connectivity index (χ3v) is 4.13. The molecule has 1 saturated carbocycles. The Morgan fingerprint density at radius 3 is 2.81 bits per heavy atom. The van der Waals surface area contributed by atoms with E-state index in [1.807, 2.05) is 6.92 Å². The SMILES string of the molecule is CC(CNC1CC1)CN1C(=O)C(=O)c2cc(Cl)c(F)cc21. The maximum Gasteiger partial charge on any atom is 0.299 e. The standard InChI is InChI=1S/C15H16ClFN2O2/c1-8(6-18-9-2-3-9)7-19-13-5-12(17)11(16)4-10(13)14(20)15(19)21/h4-5,8-9,18H,2-3,6-7H2,1H3. The minimum Gasteiger partial charge on any atom is -0.314 e. The van der Waals surface area contributed by atoms with Gasteiger partial charge in [0.05, 0.1) is 16.3 Å². The molecule has 4 nitrogen and oxygen atoms in total. The second-order valence-corrected chi connectivity index (χ2v) is 6.22.